The smallest absolute Gasteiger partial charge is 0.0446 e. The normalized spacial score (nSPS) is 10.6. The summed E-state index contributed by atoms with van der Waals surface area (Å²) in [7, 11) is 0. The Morgan fingerprint density at radius 1 is 1.11 bits per heavy atom. The van der Waals surface area contributed by atoms with E-state index >= 15 is 0 Å². The summed E-state index contributed by atoms with van der Waals surface area (Å²) in [5.41, 5.74) is 7.91. The van der Waals surface area contributed by atoms with Gasteiger partial charge in [-0.25, -0.2) is 0 Å². The van der Waals surface area contributed by atoms with Crippen LogP contribution in [0.5, 0.6) is 0 Å². The van der Waals surface area contributed by atoms with Gasteiger partial charge in [-0.05, 0) is 29.3 Å². The fourth-order valence-corrected chi connectivity index (χ4v) is 3.47. The Balaban J connectivity index is 2.07. The highest BCUT2D eigenvalue weighted by Crippen LogP contribution is 2.29. The monoisotopic (exact) mass is 341 g/mol. The molecule has 0 aromatic heterocycles. The molecule has 2 rings (SSSR count). The number of halogens is 2. The minimum atomic E-state index is 0.552. The Hall–Kier alpha value is -0.480. The van der Waals surface area contributed by atoms with Gasteiger partial charge in [0.25, 0.3) is 0 Å². The van der Waals surface area contributed by atoms with E-state index in [1.165, 1.54) is 4.90 Å². The lowest BCUT2D eigenvalue weighted by Crippen LogP contribution is -1.96. The van der Waals surface area contributed by atoms with E-state index in [1.54, 1.807) is 11.8 Å². The second kappa shape index (κ2) is 6.62. The van der Waals surface area contributed by atoms with Crippen LogP contribution >= 0.6 is 39.3 Å². The second-order valence-corrected chi connectivity index (χ2v) is 6.15. The van der Waals surface area contributed by atoms with Crippen LogP contribution in [0.1, 0.15) is 11.1 Å². The number of hydrogen-bond donors (Lipinski definition) is 1. The number of thioether (sulfide) groups is 1. The van der Waals surface area contributed by atoms with Crippen molar-refractivity contribution in [2.24, 2.45) is 5.73 Å². The van der Waals surface area contributed by atoms with Gasteiger partial charge in [-0.15, -0.1) is 11.8 Å². The minimum Gasteiger partial charge on any atom is -0.326 e. The van der Waals surface area contributed by atoms with Crippen LogP contribution in [0.4, 0.5) is 0 Å². The molecule has 0 fully saturated rings. The van der Waals surface area contributed by atoms with E-state index in [2.05, 4.69) is 40.2 Å². The maximum atomic E-state index is 6.13. The van der Waals surface area contributed by atoms with Crippen molar-refractivity contribution < 1.29 is 0 Å². The first-order chi connectivity index (χ1) is 8.70. The van der Waals surface area contributed by atoms with E-state index in [4.69, 9.17) is 17.3 Å². The zero-order chi connectivity index (χ0) is 13.0. The quantitative estimate of drug-likeness (QED) is 0.803. The molecule has 0 saturated heterocycles. The van der Waals surface area contributed by atoms with Gasteiger partial charge in [0.1, 0.15) is 0 Å². The van der Waals surface area contributed by atoms with Gasteiger partial charge < -0.3 is 5.73 Å². The van der Waals surface area contributed by atoms with Crippen molar-refractivity contribution in [1.82, 2.24) is 0 Å². The molecule has 0 heterocycles. The van der Waals surface area contributed by atoms with E-state index in [1.807, 2.05) is 18.2 Å². The predicted molar refractivity (Wildman–Crippen MR) is 83.0 cm³/mol. The summed E-state index contributed by atoms with van der Waals surface area (Å²) in [6.07, 6.45) is 0. The van der Waals surface area contributed by atoms with Crippen LogP contribution in [-0.2, 0) is 12.3 Å². The van der Waals surface area contributed by atoms with Crippen LogP contribution in [0.2, 0.25) is 5.02 Å². The average Bonchev–Trinajstić information content (AvgIpc) is 2.38. The molecule has 0 saturated carbocycles. The molecule has 0 atom stereocenters. The summed E-state index contributed by atoms with van der Waals surface area (Å²) in [5, 5.41) is 0.822. The van der Waals surface area contributed by atoms with E-state index in [-0.39, 0.29) is 0 Å². The molecule has 4 heteroatoms. The van der Waals surface area contributed by atoms with Crippen LogP contribution in [0, 0.1) is 0 Å². The minimum absolute atomic E-state index is 0.552. The van der Waals surface area contributed by atoms with Crippen LogP contribution < -0.4 is 5.73 Å². The topological polar surface area (TPSA) is 26.0 Å². The van der Waals surface area contributed by atoms with Crippen molar-refractivity contribution in [3.63, 3.8) is 0 Å². The van der Waals surface area contributed by atoms with Crippen molar-refractivity contribution in [3.05, 3.63) is 63.1 Å². The third-order valence-electron chi connectivity index (χ3n) is 2.60. The SMILES string of the molecule is NCc1ccc(SCc2ccccc2Cl)cc1Br. The third kappa shape index (κ3) is 3.51. The molecule has 2 N–H and O–H groups in total. The molecule has 0 radical (unpaired) electrons. The largest absolute Gasteiger partial charge is 0.326 e. The fraction of sp³-hybridized carbons (Fsp3) is 0.143. The number of nitrogens with two attached hydrogens (primary N) is 1. The molecular weight excluding hydrogens is 330 g/mol. The first kappa shape index (κ1) is 13.9. The van der Waals surface area contributed by atoms with Crippen molar-refractivity contribution in [2.45, 2.75) is 17.2 Å². The van der Waals surface area contributed by atoms with Gasteiger partial charge >= 0.3 is 0 Å². The van der Waals surface area contributed by atoms with E-state index < -0.39 is 0 Å². The molecule has 0 bridgehead atoms. The summed E-state index contributed by atoms with van der Waals surface area (Å²) in [6.45, 7) is 0.552. The van der Waals surface area contributed by atoms with Crippen LogP contribution in [0.25, 0.3) is 0 Å². The molecule has 2 aromatic rings. The molecule has 0 amide bonds. The number of hydrogen-bond acceptors (Lipinski definition) is 2. The average molecular weight is 343 g/mol. The lowest BCUT2D eigenvalue weighted by molar-refractivity contribution is 1.05. The molecule has 18 heavy (non-hydrogen) atoms. The van der Waals surface area contributed by atoms with Gasteiger partial charge in [-0.3, -0.25) is 0 Å². The molecule has 94 valence electrons. The molecule has 2 aromatic carbocycles. The van der Waals surface area contributed by atoms with Gasteiger partial charge in [0, 0.05) is 26.7 Å². The Morgan fingerprint density at radius 2 is 1.89 bits per heavy atom. The van der Waals surface area contributed by atoms with Gasteiger partial charge in [-0.2, -0.15) is 0 Å². The summed E-state index contributed by atoms with van der Waals surface area (Å²) >= 11 is 11.4. The number of rotatable bonds is 4. The summed E-state index contributed by atoms with van der Waals surface area (Å²) in [6, 6.07) is 14.2. The first-order valence-corrected chi connectivity index (χ1v) is 7.71. The highest BCUT2D eigenvalue weighted by molar-refractivity contribution is 9.10. The standard InChI is InChI=1S/C14H13BrClNS/c15-13-7-12(6-5-10(13)8-17)18-9-11-3-1-2-4-14(11)16/h1-7H,8-9,17H2. The van der Waals surface area contributed by atoms with Gasteiger partial charge in [0.15, 0.2) is 0 Å². The lowest BCUT2D eigenvalue weighted by atomic mass is 10.2. The maximum absolute atomic E-state index is 6.13. The molecule has 0 unspecified atom stereocenters. The first-order valence-electron chi connectivity index (χ1n) is 5.55. The second-order valence-electron chi connectivity index (χ2n) is 3.84. The Kier molecular flexibility index (Phi) is 5.13. The highest BCUT2D eigenvalue weighted by atomic mass is 79.9. The lowest BCUT2D eigenvalue weighted by Gasteiger charge is -2.06. The van der Waals surface area contributed by atoms with Crippen molar-refractivity contribution in [3.8, 4) is 0 Å². The summed E-state index contributed by atoms with van der Waals surface area (Å²) < 4.78 is 1.06. The van der Waals surface area contributed by atoms with Crippen molar-refractivity contribution in [2.75, 3.05) is 0 Å². The highest BCUT2D eigenvalue weighted by Gasteiger charge is 2.03. The Labute approximate surface area is 125 Å². The Morgan fingerprint density at radius 3 is 2.56 bits per heavy atom. The molecule has 0 aliphatic carbocycles. The van der Waals surface area contributed by atoms with E-state index in [0.717, 1.165) is 26.4 Å². The maximum Gasteiger partial charge on any atom is 0.0446 e. The van der Waals surface area contributed by atoms with Gasteiger partial charge in [0.05, 0.1) is 0 Å². The zero-order valence-electron chi connectivity index (χ0n) is 9.70. The van der Waals surface area contributed by atoms with E-state index in [0.29, 0.717) is 6.54 Å². The number of benzene rings is 2. The van der Waals surface area contributed by atoms with Gasteiger partial charge in [0.2, 0.25) is 0 Å². The van der Waals surface area contributed by atoms with Crippen LogP contribution in [-0.4, -0.2) is 0 Å². The molecule has 0 aliphatic heterocycles. The van der Waals surface area contributed by atoms with Crippen LogP contribution in [0.15, 0.2) is 51.8 Å². The van der Waals surface area contributed by atoms with Gasteiger partial charge in [-0.1, -0.05) is 51.8 Å². The predicted octanol–water partition coefficient (Wildman–Crippen LogP) is 4.85. The Bertz CT molecular complexity index is 545. The van der Waals surface area contributed by atoms with E-state index in [9.17, 15) is 0 Å². The van der Waals surface area contributed by atoms with Crippen LogP contribution in [0.3, 0.4) is 0 Å². The molecular formula is C14H13BrClNS. The third-order valence-corrected chi connectivity index (χ3v) is 4.75. The van der Waals surface area contributed by atoms with Crippen molar-refractivity contribution >= 4 is 39.3 Å². The fourth-order valence-electron chi connectivity index (χ4n) is 1.56. The molecule has 0 aliphatic rings. The zero-order valence-corrected chi connectivity index (χ0v) is 12.9. The summed E-state index contributed by atoms with van der Waals surface area (Å²) in [4.78, 5) is 1.21. The summed E-state index contributed by atoms with van der Waals surface area (Å²) in [5.74, 6) is 0.869. The molecule has 0 spiro atoms. The molecule has 1 nitrogen and oxygen atoms in total. The van der Waals surface area contributed by atoms with Crippen molar-refractivity contribution in [1.29, 1.82) is 0 Å².